The van der Waals surface area contributed by atoms with Gasteiger partial charge in [-0.3, -0.25) is 11.3 Å². The molecule has 0 aliphatic rings. The summed E-state index contributed by atoms with van der Waals surface area (Å²) >= 11 is 1.72. The Kier molecular flexibility index (Phi) is 6.30. The van der Waals surface area contributed by atoms with E-state index in [0.29, 0.717) is 0 Å². The molecule has 0 radical (unpaired) electrons. The number of nitrogens with zero attached hydrogens (tertiary/aromatic N) is 1. The number of nitrogens with one attached hydrogen (secondary N) is 1. The smallest absolute Gasteiger partial charge is 0.0897 e. The normalized spacial score (nSPS) is 12.6. The van der Waals surface area contributed by atoms with Gasteiger partial charge in [0.15, 0.2) is 0 Å². The maximum absolute atomic E-state index is 5.57. The molecule has 0 saturated carbocycles. The topological polar surface area (TPSA) is 50.9 Å². The number of aryl methyl sites for hydroxylation is 1. The number of aromatic nitrogens is 1. The molecule has 1 aromatic heterocycles. The van der Waals surface area contributed by atoms with E-state index in [2.05, 4.69) is 17.0 Å². The molecular weight excluding hydrogens is 218 g/mol. The minimum atomic E-state index is 0.259. The first-order chi connectivity index (χ1) is 7.77. The highest BCUT2D eigenvalue weighted by molar-refractivity contribution is 7.11. The molecule has 0 amide bonds. The van der Waals surface area contributed by atoms with Crippen molar-refractivity contribution in [2.75, 3.05) is 0 Å². The third-order valence-electron chi connectivity index (χ3n) is 2.58. The molecule has 0 aromatic carbocycles. The van der Waals surface area contributed by atoms with Crippen molar-refractivity contribution >= 4 is 11.3 Å². The zero-order chi connectivity index (χ0) is 11.8. The third kappa shape index (κ3) is 4.43. The van der Waals surface area contributed by atoms with Crippen LogP contribution in [0.1, 0.15) is 48.0 Å². The van der Waals surface area contributed by atoms with Crippen LogP contribution in [0, 0.1) is 6.92 Å². The van der Waals surface area contributed by atoms with Crippen LogP contribution in [0.4, 0.5) is 0 Å². The van der Waals surface area contributed by atoms with Gasteiger partial charge in [-0.1, -0.05) is 18.9 Å². The molecule has 0 fully saturated rings. The molecule has 1 heterocycles. The highest BCUT2D eigenvalue weighted by Crippen LogP contribution is 2.24. The summed E-state index contributed by atoms with van der Waals surface area (Å²) in [6.07, 6.45) is 9.75. The second-order valence-electron chi connectivity index (χ2n) is 3.93. The Morgan fingerprint density at radius 2 is 2.38 bits per heavy atom. The van der Waals surface area contributed by atoms with Gasteiger partial charge >= 0.3 is 0 Å². The number of thiazole rings is 1. The van der Waals surface area contributed by atoms with Gasteiger partial charge in [-0.25, -0.2) is 4.98 Å². The number of hydrazine groups is 1. The zero-order valence-electron chi connectivity index (χ0n) is 9.91. The Hall–Kier alpha value is -0.710. The molecule has 0 aliphatic carbocycles. The monoisotopic (exact) mass is 239 g/mol. The van der Waals surface area contributed by atoms with Crippen molar-refractivity contribution in [1.29, 1.82) is 0 Å². The molecule has 1 unspecified atom stereocenters. The lowest BCUT2D eigenvalue weighted by Crippen LogP contribution is -2.27. The van der Waals surface area contributed by atoms with Crippen LogP contribution < -0.4 is 11.3 Å². The molecular formula is C12H21N3S. The van der Waals surface area contributed by atoms with Gasteiger partial charge in [-0.05, 0) is 26.2 Å². The largest absolute Gasteiger partial charge is 0.271 e. The second-order valence-corrected chi connectivity index (χ2v) is 5.19. The molecule has 1 rings (SSSR count). The molecule has 0 bridgehead atoms. The summed E-state index contributed by atoms with van der Waals surface area (Å²) in [6, 6.07) is 0.259. The van der Waals surface area contributed by atoms with Crippen molar-refractivity contribution in [2.45, 2.75) is 45.1 Å². The molecule has 1 aromatic rings. The summed E-state index contributed by atoms with van der Waals surface area (Å²) in [5.41, 5.74) is 2.87. The van der Waals surface area contributed by atoms with Crippen molar-refractivity contribution in [3.63, 3.8) is 0 Å². The van der Waals surface area contributed by atoms with Crippen molar-refractivity contribution in [1.82, 2.24) is 10.4 Å². The van der Waals surface area contributed by atoms with Crippen LogP contribution in [0.3, 0.4) is 0 Å². The summed E-state index contributed by atoms with van der Waals surface area (Å²) in [5, 5.41) is 1.10. The SMILES string of the molecule is C=CCCCCCC(NN)c1cnc(C)s1. The standard InChI is InChI=1S/C12H21N3S/c1-3-4-5-6-7-8-11(15-13)12-9-14-10(2)16-12/h3,9,11,15H,1,4-8,13H2,2H3. The first-order valence-electron chi connectivity index (χ1n) is 5.77. The van der Waals surface area contributed by atoms with Crippen molar-refractivity contribution in [3.8, 4) is 0 Å². The van der Waals surface area contributed by atoms with Crippen molar-refractivity contribution in [3.05, 3.63) is 28.7 Å². The lowest BCUT2D eigenvalue weighted by atomic mass is 10.1. The lowest BCUT2D eigenvalue weighted by molar-refractivity contribution is 0.489. The Morgan fingerprint density at radius 3 is 2.94 bits per heavy atom. The number of rotatable bonds is 8. The summed E-state index contributed by atoms with van der Waals surface area (Å²) in [5.74, 6) is 5.57. The number of hydrogen-bond donors (Lipinski definition) is 2. The van der Waals surface area contributed by atoms with Gasteiger partial charge in [0.05, 0.1) is 11.0 Å². The molecule has 4 heteroatoms. The van der Waals surface area contributed by atoms with Gasteiger partial charge in [0, 0.05) is 11.1 Å². The zero-order valence-corrected chi connectivity index (χ0v) is 10.7. The van der Waals surface area contributed by atoms with E-state index in [1.807, 2.05) is 19.2 Å². The molecule has 0 spiro atoms. The minimum absolute atomic E-state index is 0.259. The average molecular weight is 239 g/mol. The van der Waals surface area contributed by atoms with Crippen LogP contribution in [0.15, 0.2) is 18.9 Å². The minimum Gasteiger partial charge on any atom is -0.271 e. The highest BCUT2D eigenvalue weighted by atomic mass is 32.1. The third-order valence-corrected chi connectivity index (χ3v) is 3.61. The van der Waals surface area contributed by atoms with Crippen LogP contribution in [0.2, 0.25) is 0 Å². The fourth-order valence-corrected chi connectivity index (χ4v) is 2.54. The molecule has 3 nitrogen and oxygen atoms in total. The number of unbranched alkanes of at least 4 members (excludes halogenated alkanes) is 3. The molecule has 0 aliphatic heterocycles. The maximum atomic E-state index is 5.57. The number of nitrogens with two attached hydrogens (primary N) is 1. The van der Waals surface area contributed by atoms with Crippen LogP contribution in [-0.2, 0) is 0 Å². The maximum Gasteiger partial charge on any atom is 0.0897 e. The second kappa shape index (κ2) is 7.54. The van der Waals surface area contributed by atoms with E-state index < -0.39 is 0 Å². The van der Waals surface area contributed by atoms with Gasteiger partial charge in [-0.15, -0.1) is 17.9 Å². The van der Waals surface area contributed by atoms with Gasteiger partial charge in [0.1, 0.15) is 0 Å². The van der Waals surface area contributed by atoms with Crippen LogP contribution >= 0.6 is 11.3 Å². The van der Waals surface area contributed by atoms with Crippen LogP contribution in [-0.4, -0.2) is 4.98 Å². The Labute approximate surface area is 102 Å². The van der Waals surface area contributed by atoms with E-state index in [1.54, 1.807) is 11.3 Å². The van der Waals surface area contributed by atoms with E-state index in [-0.39, 0.29) is 6.04 Å². The average Bonchev–Trinajstić information content (AvgIpc) is 2.70. The Morgan fingerprint density at radius 1 is 1.56 bits per heavy atom. The quantitative estimate of drug-likeness (QED) is 0.317. The van der Waals surface area contributed by atoms with Crippen molar-refractivity contribution in [2.24, 2.45) is 5.84 Å². The summed E-state index contributed by atoms with van der Waals surface area (Å²) in [7, 11) is 0. The fourth-order valence-electron chi connectivity index (χ4n) is 1.66. The van der Waals surface area contributed by atoms with Crippen LogP contribution in [0.25, 0.3) is 0 Å². The van der Waals surface area contributed by atoms with E-state index >= 15 is 0 Å². The van der Waals surface area contributed by atoms with Gasteiger partial charge < -0.3 is 0 Å². The molecule has 16 heavy (non-hydrogen) atoms. The van der Waals surface area contributed by atoms with E-state index in [0.717, 1.165) is 17.8 Å². The van der Waals surface area contributed by atoms with Gasteiger partial charge in [-0.2, -0.15) is 0 Å². The lowest BCUT2D eigenvalue weighted by Gasteiger charge is -2.13. The Bertz CT molecular complexity index is 309. The van der Waals surface area contributed by atoms with E-state index in [1.165, 1.54) is 24.1 Å². The Balaban J connectivity index is 2.29. The molecule has 3 N–H and O–H groups in total. The fraction of sp³-hybridized carbons (Fsp3) is 0.583. The van der Waals surface area contributed by atoms with E-state index in [9.17, 15) is 0 Å². The summed E-state index contributed by atoms with van der Waals surface area (Å²) in [4.78, 5) is 5.49. The predicted molar refractivity (Wildman–Crippen MR) is 70.2 cm³/mol. The van der Waals surface area contributed by atoms with Crippen LogP contribution in [0.5, 0.6) is 0 Å². The molecule has 1 atom stereocenters. The van der Waals surface area contributed by atoms with Crippen molar-refractivity contribution < 1.29 is 0 Å². The molecule has 0 saturated heterocycles. The van der Waals surface area contributed by atoms with Gasteiger partial charge in [0.2, 0.25) is 0 Å². The van der Waals surface area contributed by atoms with E-state index in [4.69, 9.17) is 5.84 Å². The first kappa shape index (κ1) is 13.4. The van der Waals surface area contributed by atoms with Gasteiger partial charge in [0.25, 0.3) is 0 Å². The predicted octanol–water partition coefficient (Wildman–Crippen LogP) is 3.09. The molecule has 90 valence electrons. The summed E-state index contributed by atoms with van der Waals surface area (Å²) < 4.78 is 0. The number of hydrogen-bond acceptors (Lipinski definition) is 4. The summed E-state index contributed by atoms with van der Waals surface area (Å²) in [6.45, 7) is 5.74. The highest BCUT2D eigenvalue weighted by Gasteiger charge is 2.11. The number of allylic oxidation sites excluding steroid dienone is 1. The first-order valence-corrected chi connectivity index (χ1v) is 6.59.